The molecule has 0 aliphatic rings. The summed E-state index contributed by atoms with van der Waals surface area (Å²) in [5.41, 5.74) is -3.49. The minimum Gasteiger partial charge on any atom is -0.244 e. The van der Waals surface area contributed by atoms with E-state index in [1.807, 2.05) is 0 Å². The normalized spacial score (nSPS) is 11.7. The number of hydrogen-bond acceptors (Lipinski definition) is 6. The van der Waals surface area contributed by atoms with Crippen LogP contribution in [0.1, 0.15) is 0 Å². The quantitative estimate of drug-likeness (QED) is 0.587. The smallest absolute Gasteiger partial charge is 0.244 e. The first-order valence-electron chi connectivity index (χ1n) is 6.21. The van der Waals surface area contributed by atoms with Gasteiger partial charge in [-0.1, -0.05) is 41.4 Å². The number of sulfone groups is 1. The molecule has 0 amide bonds. The molecule has 1 aromatic heterocycles. The van der Waals surface area contributed by atoms with E-state index in [4.69, 9.17) is 63.8 Å². The Morgan fingerprint density at radius 3 is 1.56 bits per heavy atom. The molecule has 144 valence electrons. The van der Waals surface area contributed by atoms with Gasteiger partial charge in [0.1, 0.15) is 11.1 Å². The van der Waals surface area contributed by atoms with E-state index in [0.717, 1.165) is 0 Å². The molecule has 0 radical (unpaired) electrons. The number of aromatic nitrogens is 3. The van der Waals surface area contributed by atoms with Gasteiger partial charge in [-0.15, -0.1) is 12.3 Å². The molecule has 0 aliphatic heterocycles. The Balaban J connectivity index is 0.000000277. The van der Waals surface area contributed by atoms with Gasteiger partial charge < -0.3 is 0 Å². The standard InChI is InChI=1S/C9H5Cl2NO2S.C3Cl3N3O3/c10-8(6-12)9(11)15(13,14)7-4-2-1-3-5-7;4-7-1(10)8(5)3(12)9(6)2(7)11/h1-5H;/b9-8+;. The molecule has 0 atom stereocenters. The van der Waals surface area contributed by atoms with E-state index in [-0.39, 0.29) is 17.2 Å². The molecule has 9 nitrogen and oxygen atoms in total. The average molecular weight is 495 g/mol. The minimum absolute atomic E-state index is 0.00315. The van der Waals surface area contributed by atoms with Crippen LogP contribution in [0.3, 0.4) is 0 Å². The lowest BCUT2D eigenvalue weighted by atomic mass is 10.4. The van der Waals surface area contributed by atoms with Crippen LogP contribution in [0.4, 0.5) is 0 Å². The summed E-state index contributed by atoms with van der Waals surface area (Å²) >= 11 is 26.2. The molecule has 0 unspecified atom stereocenters. The summed E-state index contributed by atoms with van der Waals surface area (Å²) in [5, 5.41) is 7.89. The lowest BCUT2D eigenvalue weighted by Crippen LogP contribution is -2.47. The van der Waals surface area contributed by atoms with Crippen molar-refractivity contribution in [3.8, 4) is 6.07 Å². The van der Waals surface area contributed by atoms with Crippen LogP contribution in [0.2, 0.25) is 0 Å². The van der Waals surface area contributed by atoms with Crippen molar-refractivity contribution in [2.45, 2.75) is 4.90 Å². The SMILES string of the molecule is N#C/C(Cl)=C(/Cl)S(=O)(=O)c1ccccc1.O=c1n(Cl)c(=O)n(Cl)c(=O)n1Cl. The van der Waals surface area contributed by atoms with Gasteiger partial charge in [0.2, 0.25) is 9.84 Å². The van der Waals surface area contributed by atoms with Crippen molar-refractivity contribution in [1.82, 2.24) is 12.3 Å². The molecule has 0 saturated carbocycles. The van der Waals surface area contributed by atoms with E-state index in [9.17, 15) is 22.8 Å². The number of hydrogen-bond donors (Lipinski definition) is 0. The molecule has 0 aliphatic carbocycles. The van der Waals surface area contributed by atoms with Gasteiger partial charge in [0.25, 0.3) is 0 Å². The first-order chi connectivity index (χ1) is 12.5. The second kappa shape index (κ2) is 9.45. The van der Waals surface area contributed by atoms with Crippen molar-refractivity contribution in [3.63, 3.8) is 0 Å². The fraction of sp³-hybridized carbons (Fsp3) is 0. The van der Waals surface area contributed by atoms with E-state index in [1.54, 1.807) is 18.2 Å². The highest BCUT2D eigenvalue weighted by atomic mass is 35.5. The average Bonchev–Trinajstić information content (AvgIpc) is 2.69. The van der Waals surface area contributed by atoms with Crippen molar-refractivity contribution in [3.05, 3.63) is 71.2 Å². The van der Waals surface area contributed by atoms with E-state index < -0.39 is 36.3 Å². The summed E-state index contributed by atoms with van der Waals surface area (Å²) in [6, 6.07) is 9.00. The van der Waals surface area contributed by atoms with Crippen LogP contribution in [0, 0.1) is 11.3 Å². The lowest BCUT2D eigenvalue weighted by Gasteiger charge is -2.01. The molecule has 27 heavy (non-hydrogen) atoms. The van der Waals surface area contributed by atoms with Crippen molar-refractivity contribution in [1.29, 1.82) is 5.26 Å². The molecule has 0 bridgehead atoms. The van der Waals surface area contributed by atoms with Crippen LogP contribution in [0.15, 0.2) is 59.0 Å². The summed E-state index contributed by atoms with van der Waals surface area (Å²) in [6.07, 6.45) is 0. The summed E-state index contributed by atoms with van der Waals surface area (Å²) in [5.74, 6) is 0. The molecule has 15 heteroatoms. The second-order valence-electron chi connectivity index (χ2n) is 4.21. The maximum Gasteiger partial charge on any atom is 0.366 e. The Hall–Kier alpha value is -1.74. The molecule has 0 saturated heterocycles. The fourth-order valence-electron chi connectivity index (χ4n) is 1.34. The molecular weight excluding hydrogens is 489 g/mol. The molecule has 2 rings (SSSR count). The first-order valence-corrected chi connectivity index (χ1v) is 9.47. The Bertz CT molecular complexity index is 1110. The predicted octanol–water partition coefficient (Wildman–Crippen LogP) is 1.81. The number of rotatable bonds is 2. The molecule has 0 fully saturated rings. The highest BCUT2D eigenvalue weighted by molar-refractivity contribution is 7.97. The summed E-state index contributed by atoms with van der Waals surface area (Å²) in [7, 11) is -3.86. The monoisotopic (exact) mass is 492 g/mol. The number of nitrogens with zero attached hydrogens (tertiary/aromatic N) is 4. The zero-order valence-corrected chi connectivity index (χ0v) is 17.1. The van der Waals surface area contributed by atoms with Gasteiger partial charge in [-0.3, -0.25) is 0 Å². The van der Waals surface area contributed by atoms with Crippen molar-refractivity contribution in [2.24, 2.45) is 0 Å². The third-order valence-corrected chi connectivity index (χ3v) is 6.28. The Morgan fingerprint density at radius 2 is 1.22 bits per heavy atom. The Morgan fingerprint density at radius 1 is 0.852 bits per heavy atom. The second-order valence-corrected chi connectivity index (χ2v) is 8.09. The number of benzene rings is 1. The fourth-order valence-corrected chi connectivity index (χ4v) is 3.53. The third kappa shape index (κ3) is 5.16. The van der Waals surface area contributed by atoms with E-state index in [1.165, 1.54) is 18.2 Å². The highest BCUT2D eigenvalue weighted by Crippen LogP contribution is 2.26. The van der Waals surface area contributed by atoms with Crippen molar-refractivity contribution in [2.75, 3.05) is 0 Å². The molecule has 1 heterocycles. The maximum absolute atomic E-state index is 11.7. The number of halogens is 5. The van der Waals surface area contributed by atoms with Crippen LogP contribution >= 0.6 is 58.5 Å². The van der Waals surface area contributed by atoms with Gasteiger partial charge in [0, 0.05) is 35.3 Å². The van der Waals surface area contributed by atoms with Gasteiger partial charge in [-0.25, -0.2) is 22.8 Å². The van der Waals surface area contributed by atoms with Crippen LogP contribution in [-0.2, 0) is 9.84 Å². The molecule has 2 aromatic rings. The molecule has 0 spiro atoms. The van der Waals surface area contributed by atoms with Crippen LogP contribution in [-0.4, -0.2) is 20.7 Å². The molecular formula is C12H5Cl5N4O5S. The zero-order valence-electron chi connectivity index (χ0n) is 12.5. The third-order valence-electron chi connectivity index (χ3n) is 2.57. The maximum atomic E-state index is 11.7. The first kappa shape index (κ1) is 23.3. The van der Waals surface area contributed by atoms with Crippen LogP contribution in [0.25, 0.3) is 0 Å². The minimum atomic E-state index is -3.86. The Kier molecular flexibility index (Phi) is 8.16. The van der Waals surface area contributed by atoms with E-state index in [0.29, 0.717) is 0 Å². The zero-order chi connectivity index (χ0) is 20.9. The highest BCUT2D eigenvalue weighted by Gasteiger charge is 2.21. The largest absolute Gasteiger partial charge is 0.366 e. The van der Waals surface area contributed by atoms with Gasteiger partial charge >= 0.3 is 17.1 Å². The Labute approximate surface area is 176 Å². The lowest BCUT2D eigenvalue weighted by molar-refractivity contribution is 0.604. The summed E-state index contributed by atoms with van der Waals surface area (Å²) < 4.78 is 23.0. The van der Waals surface area contributed by atoms with Gasteiger partial charge in [0.15, 0.2) is 4.36 Å². The van der Waals surface area contributed by atoms with Crippen molar-refractivity contribution < 1.29 is 8.42 Å². The molecule has 0 N–H and O–H groups in total. The van der Waals surface area contributed by atoms with Gasteiger partial charge in [-0.2, -0.15) is 5.26 Å². The van der Waals surface area contributed by atoms with Gasteiger partial charge in [0.05, 0.1) is 4.90 Å². The predicted molar refractivity (Wildman–Crippen MR) is 101 cm³/mol. The van der Waals surface area contributed by atoms with Gasteiger partial charge in [-0.05, 0) is 12.1 Å². The van der Waals surface area contributed by atoms with Crippen molar-refractivity contribution >= 4 is 68.4 Å². The summed E-state index contributed by atoms with van der Waals surface area (Å²) in [6.45, 7) is 0. The van der Waals surface area contributed by atoms with E-state index in [2.05, 4.69) is 0 Å². The number of allylic oxidation sites excluding steroid dienone is 1. The van der Waals surface area contributed by atoms with Crippen LogP contribution in [0.5, 0.6) is 0 Å². The number of nitriles is 1. The summed E-state index contributed by atoms with van der Waals surface area (Å²) in [4.78, 5) is 32.3. The molecule has 1 aromatic carbocycles. The van der Waals surface area contributed by atoms with E-state index >= 15 is 0 Å². The van der Waals surface area contributed by atoms with Crippen LogP contribution < -0.4 is 17.1 Å². The topological polar surface area (TPSA) is 124 Å².